The number of rotatable bonds is 6. The van der Waals surface area contributed by atoms with Gasteiger partial charge in [-0.05, 0) is 38.0 Å². The highest BCUT2D eigenvalue weighted by molar-refractivity contribution is 5.04. The van der Waals surface area contributed by atoms with Gasteiger partial charge in [0, 0.05) is 31.7 Å². The summed E-state index contributed by atoms with van der Waals surface area (Å²) in [6, 6.07) is 0.570. The zero-order valence-corrected chi connectivity index (χ0v) is 14.4. The van der Waals surface area contributed by atoms with E-state index in [9.17, 15) is 0 Å². The Kier molecular flexibility index (Phi) is 5.51. The Bertz CT molecular complexity index is 442. The van der Waals surface area contributed by atoms with E-state index in [1.165, 1.54) is 76.7 Å². The summed E-state index contributed by atoms with van der Waals surface area (Å²) in [5.74, 6) is 1.52. The molecule has 2 heterocycles. The van der Waals surface area contributed by atoms with Crippen LogP contribution < -0.4 is 0 Å². The maximum absolute atomic E-state index is 4.46. The second kappa shape index (κ2) is 7.58. The Balaban J connectivity index is 1.49. The Morgan fingerprint density at radius 2 is 1.91 bits per heavy atom. The van der Waals surface area contributed by atoms with Crippen molar-refractivity contribution in [2.24, 2.45) is 5.92 Å². The van der Waals surface area contributed by atoms with Gasteiger partial charge in [-0.1, -0.05) is 38.3 Å². The standard InChI is InChI=1S/C18H32N4/c1-3-6-15(2)13-21-11-9-17(10-12-21)22-14-18(19-20-22)16-7-4-5-8-16/h14-17H,3-13H2,1-2H3. The lowest BCUT2D eigenvalue weighted by Crippen LogP contribution is -2.37. The van der Waals surface area contributed by atoms with E-state index in [0.29, 0.717) is 12.0 Å². The van der Waals surface area contributed by atoms with Gasteiger partial charge in [0.05, 0.1) is 11.7 Å². The molecule has 0 bridgehead atoms. The Hall–Kier alpha value is -0.900. The van der Waals surface area contributed by atoms with E-state index < -0.39 is 0 Å². The molecule has 0 aromatic carbocycles. The first-order chi connectivity index (χ1) is 10.8. The third-order valence-electron chi connectivity index (χ3n) is 5.58. The molecule has 1 aromatic rings. The van der Waals surface area contributed by atoms with E-state index in [-0.39, 0.29) is 0 Å². The number of likely N-dealkylation sites (tertiary alicyclic amines) is 1. The highest BCUT2D eigenvalue weighted by Gasteiger charge is 2.25. The summed E-state index contributed by atoms with van der Waals surface area (Å²) >= 11 is 0. The molecule has 1 aromatic heterocycles. The Labute approximate surface area is 135 Å². The fourth-order valence-electron chi connectivity index (χ4n) is 4.27. The zero-order valence-electron chi connectivity index (χ0n) is 14.4. The molecule has 0 radical (unpaired) electrons. The van der Waals surface area contributed by atoms with Gasteiger partial charge in [0.1, 0.15) is 0 Å². The molecule has 4 heteroatoms. The maximum Gasteiger partial charge on any atom is 0.0858 e. The molecule has 1 saturated carbocycles. The van der Waals surface area contributed by atoms with E-state index >= 15 is 0 Å². The fraction of sp³-hybridized carbons (Fsp3) is 0.889. The van der Waals surface area contributed by atoms with Crippen molar-refractivity contribution < 1.29 is 0 Å². The van der Waals surface area contributed by atoms with Crippen LogP contribution in [0.2, 0.25) is 0 Å². The van der Waals surface area contributed by atoms with Crippen molar-refractivity contribution in [1.82, 2.24) is 19.9 Å². The van der Waals surface area contributed by atoms with Gasteiger partial charge in [-0.25, -0.2) is 4.68 Å². The van der Waals surface area contributed by atoms with Gasteiger partial charge in [-0.3, -0.25) is 0 Å². The normalized spacial score (nSPS) is 23.2. The van der Waals surface area contributed by atoms with Crippen molar-refractivity contribution in [3.05, 3.63) is 11.9 Å². The monoisotopic (exact) mass is 304 g/mol. The summed E-state index contributed by atoms with van der Waals surface area (Å²) in [5.41, 5.74) is 1.25. The van der Waals surface area contributed by atoms with Gasteiger partial charge >= 0.3 is 0 Å². The van der Waals surface area contributed by atoms with Crippen LogP contribution in [0.3, 0.4) is 0 Å². The Morgan fingerprint density at radius 3 is 2.59 bits per heavy atom. The van der Waals surface area contributed by atoms with Crippen LogP contribution in [0.5, 0.6) is 0 Å². The second-order valence-corrected chi connectivity index (χ2v) is 7.53. The number of hydrogen-bond acceptors (Lipinski definition) is 3. The molecule has 3 rings (SSSR count). The molecule has 1 unspecified atom stereocenters. The minimum atomic E-state index is 0.570. The summed E-state index contributed by atoms with van der Waals surface area (Å²) in [6.07, 6.45) is 12.7. The molecule has 1 aliphatic carbocycles. The second-order valence-electron chi connectivity index (χ2n) is 7.53. The van der Waals surface area contributed by atoms with Gasteiger partial charge in [0.25, 0.3) is 0 Å². The molecule has 2 fully saturated rings. The lowest BCUT2D eigenvalue weighted by Gasteiger charge is -2.33. The highest BCUT2D eigenvalue weighted by atomic mass is 15.4. The van der Waals surface area contributed by atoms with Crippen molar-refractivity contribution in [1.29, 1.82) is 0 Å². The van der Waals surface area contributed by atoms with Crippen LogP contribution in [0.1, 0.15) is 82.9 Å². The van der Waals surface area contributed by atoms with Gasteiger partial charge in [0.15, 0.2) is 0 Å². The lowest BCUT2D eigenvalue weighted by atomic mass is 10.0. The largest absolute Gasteiger partial charge is 0.303 e. The molecule has 4 nitrogen and oxygen atoms in total. The average molecular weight is 304 g/mol. The van der Waals surface area contributed by atoms with Crippen molar-refractivity contribution in [2.45, 2.75) is 77.2 Å². The van der Waals surface area contributed by atoms with Gasteiger partial charge in [-0.2, -0.15) is 0 Å². The highest BCUT2D eigenvalue weighted by Crippen LogP contribution is 2.33. The first kappa shape index (κ1) is 16.0. The third-order valence-corrected chi connectivity index (χ3v) is 5.58. The summed E-state index contributed by atoms with van der Waals surface area (Å²) in [5, 5.41) is 8.91. The predicted octanol–water partition coefficient (Wildman–Crippen LogP) is 4.01. The molecule has 1 aliphatic heterocycles. The van der Waals surface area contributed by atoms with Crippen LogP contribution in [0.4, 0.5) is 0 Å². The molecule has 2 aliphatic rings. The van der Waals surface area contributed by atoms with Crippen molar-refractivity contribution in [2.75, 3.05) is 19.6 Å². The number of aromatic nitrogens is 3. The first-order valence-corrected chi connectivity index (χ1v) is 9.40. The molecular weight excluding hydrogens is 272 g/mol. The SMILES string of the molecule is CCCC(C)CN1CCC(n2cc(C3CCCC3)nn2)CC1. The number of hydrogen-bond donors (Lipinski definition) is 0. The van der Waals surface area contributed by atoms with Crippen molar-refractivity contribution in [3.8, 4) is 0 Å². The molecule has 0 spiro atoms. The quantitative estimate of drug-likeness (QED) is 0.796. The van der Waals surface area contributed by atoms with Crippen LogP contribution in [0, 0.1) is 5.92 Å². The van der Waals surface area contributed by atoms with Crippen LogP contribution in [-0.2, 0) is 0 Å². The minimum absolute atomic E-state index is 0.570. The molecule has 1 saturated heterocycles. The fourth-order valence-corrected chi connectivity index (χ4v) is 4.27. The van der Waals surface area contributed by atoms with E-state index in [2.05, 4.69) is 39.9 Å². The van der Waals surface area contributed by atoms with Gasteiger partial charge in [0.2, 0.25) is 0 Å². The van der Waals surface area contributed by atoms with Crippen molar-refractivity contribution in [3.63, 3.8) is 0 Å². The predicted molar refractivity (Wildman–Crippen MR) is 90.0 cm³/mol. The van der Waals surface area contributed by atoms with Gasteiger partial charge in [-0.15, -0.1) is 5.10 Å². The topological polar surface area (TPSA) is 34.0 Å². The van der Waals surface area contributed by atoms with Crippen LogP contribution >= 0.6 is 0 Å². The summed E-state index contributed by atoms with van der Waals surface area (Å²) in [7, 11) is 0. The molecule has 22 heavy (non-hydrogen) atoms. The smallest absolute Gasteiger partial charge is 0.0858 e. The maximum atomic E-state index is 4.46. The molecule has 124 valence electrons. The van der Waals surface area contributed by atoms with Gasteiger partial charge < -0.3 is 4.90 Å². The number of piperidine rings is 1. The summed E-state index contributed by atoms with van der Waals surface area (Å²) < 4.78 is 2.17. The molecular formula is C18H32N4. The van der Waals surface area contributed by atoms with E-state index in [1.54, 1.807) is 0 Å². The number of nitrogens with zero attached hydrogens (tertiary/aromatic N) is 4. The summed E-state index contributed by atoms with van der Waals surface area (Å²) in [6.45, 7) is 8.39. The van der Waals surface area contributed by atoms with Crippen LogP contribution in [0.15, 0.2) is 6.20 Å². The van der Waals surface area contributed by atoms with Crippen LogP contribution in [-0.4, -0.2) is 39.5 Å². The molecule has 1 atom stereocenters. The van der Waals surface area contributed by atoms with Crippen molar-refractivity contribution >= 4 is 0 Å². The lowest BCUT2D eigenvalue weighted by molar-refractivity contribution is 0.157. The van der Waals surface area contributed by atoms with E-state index in [1.807, 2.05) is 0 Å². The minimum Gasteiger partial charge on any atom is -0.303 e. The zero-order chi connectivity index (χ0) is 15.4. The average Bonchev–Trinajstić information content (AvgIpc) is 3.19. The molecule has 0 N–H and O–H groups in total. The Morgan fingerprint density at radius 1 is 1.18 bits per heavy atom. The third kappa shape index (κ3) is 3.89. The van der Waals surface area contributed by atoms with E-state index in [0.717, 1.165) is 5.92 Å². The summed E-state index contributed by atoms with van der Waals surface area (Å²) in [4.78, 5) is 2.64. The molecule has 0 amide bonds. The van der Waals surface area contributed by atoms with E-state index in [4.69, 9.17) is 0 Å². The first-order valence-electron chi connectivity index (χ1n) is 9.40. The van der Waals surface area contributed by atoms with Crippen LogP contribution in [0.25, 0.3) is 0 Å².